The summed E-state index contributed by atoms with van der Waals surface area (Å²) in [4.78, 5) is 2.45. The Labute approximate surface area is 128 Å². The first kappa shape index (κ1) is 16.3. The number of ether oxygens (including phenoxy) is 2. The van der Waals surface area contributed by atoms with E-state index in [0.717, 1.165) is 18.8 Å². The molecule has 0 aromatic heterocycles. The van der Waals surface area contributed by atoms with Gasteiger partial charge >= 0.3 is 0 Å². The second-order valence-corrected chi connectivity index (χ2v) is 6.69. The molecule has 3 unspecified atom stereocenters. The van der Waals surface area contributed by atoms with Gasteiger partial charge in [0.2, 0.25) is 0 Å². The van der Waals surface area contributed by atoms with Crippen molar-refractivity contribution in [2.24, 2.45) is 5.73 Å². The number of nitrogens with two attached hydrogens (primary N) is 1. The third kappa shape index (κ3) is 3.96. The molecule has 4 nitrogen and oxygen atoms in total. The topological polar surface area (TPSA) is 47.7 Å². The minimum Gasteiger partial charge on any atom is -0.497 e. The fourth-order valence-corrected chi connectivity index (χ4v) is 3.36. The molecular formula is C17H28N2O2. The van der Waals surface area contributed by atoms with E-state index in [-0.39, 0.29) is 23.8 Å². The minimum absolute atomic E-state index is 0.0551. The molecule has 1 aliphatic rings. The first-order valence-corrected chi connectivity index (χ1v) is 7.64. The Bertz CT molecular complexity index is 456. The lowest BCUT2D eigenvalue weighted by atomic mass is 9.95. The van der Waals surface area contributed by atoms with E-state index < -0.39 is 0 Å². The zero-order valence-electron chi connectivity index (χ0n) is 13.8. The van der Waals surface area contributed by atoms with Gasteiger partial charge in [0.15, 0.2) is 0 Å². The maximum Gasteiger partial charge on any atom is 0.118 e. The zero-order valence-corrected chi connectivity index (χ0v) is 13.8. The molecular weight excluding hydrogens is 264 g/mol. The second kappa shape index (κ2) is 6.34. The van der Waals surface area contributed by atoms with Gasteiger partial charge in [-0.2, -0.15) is 0 Å². The number of nitrogens with zero attached hydrogens (tertiary/aromatic N) is 1. The normalized spacial score (nSPS) is 25.3. The predicted molar refractivity (Wildman–Crippen MR) is 85.6 cm³/mol. The molecule has 3 atom stereocenters. The van der Waals surface area contributed by atoms with Gasteiger partial charge in [-0.15, -0.1) is 0 Å². The van der Waals surface area contributed by atoms with E-state index in [9.17, 15) is 0 Å². The Kier molecular flexibility index (Phi) is 4.91. The quantitative estimate of drug-likeness (QED) is 0.926. The van der Waals surface area contributed by atoms with E-state index in [4.69, 9.17) is 15.2 Å². The third-order valence-corrected chi connectivity index (χ3v) is 3.94. The van der Waals surface area contributed by atoms with Gasteiger partial charge < -0.3 is 15.2 Å². The van der Waals surface area contributed by atoms with E-state index >= 15 is 0 Å². The Morgan fingerprint density at radius 3 is 2.43 bits per heavy atom. The van der Waals surface area contributed by atoms with Crippen LogP contribution in [-0.2, 0) is 4.74 Å². The van der Waals surface area contributed by atoms with Crippen LogP contribution < -0.4 is 10.5 Å². The number of hydrogen-bond acceptors (Lipinski definition) is 4. The molecule has 4 heteroatoms. The lowest BCUT2D eigenvalue weighted by Crippen LogP contribution is -2.55. The van der Waals surface area contributed by atoms with Crippen LogP contribution >= 0.6 is 0 Å². The van der Waals surface area contributed by atoms with Crippen molar-refractivity contribution in [2.45, 2.75) is 51.5 Å². The van der Waals surface area contributed by atoms with Crippen LogP contribution in [0.1, 0.15) is 39.3 Å². The highest BCUT2D eigenvalue weighted by Gasteiger charge is 2.36. The molecule has 0 radical (unpaired) electrons. The van der Waals surface area contributed by atoms with Crippen LogP contribution in [0.5, 0.6) is 5.75 Å². The summed E-state index contributed by atoms with van der Waals surface area (Å²) in [5.74, 6) is 0.873. The van der Waals surface area contributed by atoms with Crippen LogP contribution in [0.3, 0.4) is 0 Å². The largest absolute Gasteiger partial charge is 0.497 e. The Morgan fingerprint density at radius 1 is 1.33 bits per heavy atom. The van der Waals surface area contributed by atoms with Crippen molar-refractivity contribution in [1.82, 2.24) is 4.90 Å². The van der Waals surface area contributed by atoms with Crippen molar-refractivity contribution in [3.63, 3.8) is 0 Å². The van der Waals surface area contributed by atoms with Crippen LogP contribution in [0.2, 0.25) is 0 Å². The highest BCUT2D eigenvalue weighted by molar-refractivity contribution is 5.30. The summed E-state index contributed by atoms with van der Waals surface area (Å²) in [6, 6.07) is 8.47. The summed E-state index contributed by atoms with van der Waals surface area (Å²) in [6.45, 7) is 10.3. The number of benzene rings is 1. The monoisotopic (exact) mass is 292 g/mol. The fraction of sp³-hybridized carbons (Fsp3) is 0.647. The van der Waals surface area contributed by atoms with Gasteiger partial charge in [0.25, 0.3) is 0 Å². The number of morpholine rings is 1. The molecule has 0 spiro atoms. The maximum atomic E-state index is 6.29. The van der Waals surface area contributed by atoms with Gasteiger partial charge in [-0.1, -0.05) is 12.1 Å². The van der Waals surface area contributed by atoms with E-state index in [1.807, 2.05) is 12.1 Å². The molecule has 1 aromatic rings. The molecule has 0 saturated carbocycles. The molecule has 21 heavy (non-hydrogen) atoms. The molecule has 1 fully saturated rings. The third-order valence-electron chi connectivity index (χ3n) is 3.94. The lowest BCUT2D eigenvalue weighted by molar-refractivity contribution is -0.139. The smallest absolute Gasteiger partial charge is 0.118 e. The molecule has 2 N–H and O–H groups in total. The van der Waals surface area contributed by atoms with Crippen molar-refractivity contribution in [1.29, 1.82) is 0 Å². The molecule has 0 amide bonds. The van der Waals surface area contributed by atoms with Gasteiger partial charge in [-0.3, -0.25) is 4.90 Å². The Morgan fingerprint density at radius 2 is 1.95 bits per heavy atom. The summed E-state index contributed by atoms with van der Waals surface area (Å²) in [7, 11) is 1.68. The average Bonchev–Trinajstić information content (AvgIpc) is 2.37. The van der Waals surface area contributed by atoms with Gasteiger partial charge in [-0.05, 0) is 45.4 Å². The fourth-order valence-electron chi connectivity index (χ4n) is 3.36. The summed E-state index contributed by atoms with van der Waals surface area (Å²) in [5, 5.41) is 0. The average molecular weight is 292 g/mol. The van der Waals surface area contributed by atoms with Crippen molar-refractivity contribution in [3.8, 4) is 5.75 Å². The molecule has 1 aliphatic heterocycles. The SMILES string of the molecule is COc1ccc(C(C(C)N)N2CC(C)OC(C)(C)C2)cc1. The van der Waals surface area contributed by atoms with Gasteiger partial charge in [-0.25, -0.2) is 0 Å². The Hall–Kier alpha value is -1.10. The first-order chi connectivity index (χ1) is 9.82. The van der Waals surface area contributed by atoms with Crippen LogP contribution in [-0.4, -0.2) is 42.8 Å². The van der Waals surface area contributed by atoms with Gasteiger partial charge in [0.1, 0.15) is 5.75 Å². The highest BCUT2D eigenvalue weighted by atomic mass is 16.5. The minimum atomic E-state index is -0.142. The first-order valence-electron chi connectivity index (χ1n) is 7.64. The highest BCUT2D eigenvalue weighted by Crippen LogP contribution is 2.31. The predicted octanol–water partition coefficient (Wildman–Crippen LogP) is 2.58. The zero-order chi connectivity index (χ0) is 15.6. The summed E-state index contributed by atoms with van der Waals surface area (Å²) in [6.07, 6.45) is 0.216. The Balaban J connectivity index is 2.25. The summed E-state index contributed by atoms with van der Waals surface area (Å²) < 4.78 is 11.2. The van der Waals surface area contributed by atoms with E-state index in [2.05, 4.69) is 44.7 Å². The van der Waals surface area contributed by atoms with Crippen molar-refractivity contribution in [2.75, 3.05) is 20.2 Å². The number of hydrogen-bond donors (Lipinski definition) is 1. The van der Waals surface area contributed by atoms with Crippen LogP contribution in [0.15, 0.2) is 24.3 Å². The summed E-state index contributed by atoms with van der Waals surface area (Å²) >= 11 is 0. The van der Waals surface area contributed by atoms with Gasteiger partial charge in [0.05, 0.1) is 18.8 Å². The lowest BCUT2D eigenvalue weighted by Gasteiger charge is -2.46. The molecule has 1 heterocycles. The molecule has 0 aliphatic carbocycles. The van der Waals surface area contributed by atoms with E-state index in [0.29, 0.717) is 0 Å². The van der Waals surface area contributed by atoms with Crippen molar-refractivity contribution in [3.05, 3.63) is 29.8 Å². The molecule has 1 aromatic carbocycles. The van der Waals surface area contributed by atoms with Crippen LogP contribution in [0.25, 0.3) is 0 Å². The van der Waals surface area contributed by atoms with Gasteiger partial charge in [0, 0.05) is 25.2 Å². The molecule has 0 bridgehead atoms. The number of methoxy groups -OCH3 is 1. The molecule has 1 saturated heterocycles. The standard InChI is InChI=1S/C17H28N2O2/c1-12-10-19(11-17(3,4)21-12)16(13(2)18)14-6-8-15(20-5)9-7-14/h6-9,12-13,16H,10-11,18H2,1-5H3. The van der Waals surface area contributed by atoms with Crippen LogP contribution in [0, 0.1) is 0 Å². The van der Waals surface area contributed by atoms with Crippen molar-refractivity contribution >= 4 is 0 Å². The van der Waals surface area contributed by atoms with E-state index in [1.165, 1.54) is 5.56 Å². The number of rotatable bonds is 4. The second-order valence-electron chi connectivity index (χ2n) is 6.69. The van der Waals surface area contributed by atoms with Crippen LogP contribution in [0.4, 0.5) is 0 Å². The molecule has 2 rings (SSSR count). The maximum absolute atomic E-state index is 6.29. The summed E-state index contributed by atoms with van der Waals surface area (Å²) in [5.41, 5.74) is 7.38. The van der Waals surface area contributed by atoms with E-state index in [1.54, 1.807) is 7.11 Å². The van der Waals surface area contributed by atoms with Crippen molar-refractivity contribution < 1.29 is 9.47 Å². The molecule has 118 valence electrons.